The van der Waals surface area contributed by atoms with Crippen molar-refractivity contribution < 1.29 is 14.2 Å². The zero-order valence-electron chi connectivity index (χ0n) is 8.91. The molecule has 16 heavy (non-hydrogen) atoms. The van der Waals surface area contributed by atoms with Crippen molar-refractivity contribution in [2.45, 2.75) is 19.0 Å². The highest BCUT2D eigenvalue weighted by atomic mass is 16.7. The van der Waals surface area contributed by atoms with E-state index in [1.165, 1.54) is 5.56 Å². The van der Waals surface area contributed by atoms with E-state index in [0.29, 0.717) is 19.1 Å². The molecular weight excluding hydrogens is 204 g/mol. The molecule has 1 saturated heterocycles. The summed E-state index contributed by atoms with van der Waals surface area (Å²) in [5.41, 5.74) is 1.19. The maximum atomic E-state index is 5.62. The molecule has 0 radical (unpaired) electrons. The third-order valence-corrected chi connectivity index (χ3v) is 2.96. The van der Waals surface area contributed by atoms with Crippen molar-refractivity contribution in [2.24, 2.45) is 5.92 Å². The van der Waals surface area contributed by atoms with Crippen LogP contribution in [-0.2, 0) is 20.8 Å². The van der Waals surface area contributed by atoms with Crippen LogP contribution in [0, 0.1) is 5.92 Å². The summed E-state index contributed by atoms with van der Waals surface area (Å²) in [4.78, 5) is 0. The Morgan fingerprint density at radius 2 is 2.06 bits per heavy atom. The molecule has 0 amide bonds. The second-order valence-electron chi connectivity index (χ2n) is 4.09. The van der Waals surface area contributed by atoms with Crippen LogP contribution in [0.3, 0.4) is 0 Å². The Bertz CT molecular complexity index is 374. The number of benzene rings is 1. The molecule has 1 aromatic rings. The van der Waals surface area contributed by atoms with Gasteiger partial charge in [0.15, 0.2) is 0 Å². The molecule has 3 rings (SSSR count). The van der Waals surface area contributed by atoms with Gasteiger partial charge in [0.2, 0.25) is 6.29 Å². The predicted octanol–water partition coefficient (Wildman–Crippen LogP) is 2.09. The second-order valence-corrected chi connectivity index (χ2v) is 4.09. The highest BCUT2D eigenvalue weighted by molar-refractivity contribution is 5.13. The van der Waals surface area contributed by atoms with Crippen LogP contribution in [-0.4, -0.2) is 19.0 Å². The van der Waals surface area contributed by atoms with Crippen LogP contribution >= 0.6 is 0 Å². The van der Waals surface area contributed by atoms with Gasteiger partial charge in [-0.3, -0.25) is 0 Å². The van der Waals surface area contributed by atoms with Gasteiger partial charge >= 0.3 is 0 Å². The largest absolute Gasteiger partial charge is 0.472 e. The SMILES string of the molecule is C1=C[C@@H]2[C@H](O1)O[C@H]2COCc1ccccc1. The molecular formula is C13H14O3. The topological polar surface area (TPSA) is 27.7 Å². The maximum Gasteiger partial charge on any atom is 0.208 e. The fraction of sp³-hybridized carbons (Fsp3) is 0.385. The van der Waals surface area contributed by atoms with E-state index in [0.717, 1.165) is 0 Å². The third kappa shape index (κ3) is 1.84. The normalized spacial score (nSPS) is 30.6. The first-order chi connectivity index (χ1) is 7.93. The second kappa shape index (κ2) is 4.28. The number of ether oxygens (including phenoxy) is 3. The van der Waals surface area contributed by atoms with Crippen LogP contribution in [0.1, 0.15) is 5.56 Å². The van der Waals surface area contributed by atoms with E-state index in [9.17, 15) is 0 Å². The quantitative estimate of drug-likeness (QED) is 0.774. The average molecular weight is 218 g/mol. The maximum absolute atomic E-state index is 5.62. The lowest BCUT2D eigenvalue weighted by atomic mass is 9.98. The summed E-state index contributed by atoms with van der Waals surface area (Å²) in [6.07, 6.45) is 3.87. The summed E-state index contributed by atoms with van der Waals surface area (Å²) in [5.74, 6) is 0.385. The van der Waals surface area contributed by atoms with Crippen LogP contribution in [0.15, 0.2) is 42.7 Å². The summed E-state index contributed by atoms with van der Waals surface area (Å²) in [5, 5.41) is 0. The fourth-order valence-corrected chi connectivity index (χ4v) is 2.01. The lowest BCUT2D eigenvalue weighted by Crippen LogP contribution is -2.48. The summed E-state index contributed by atoms with van der Waals surface area (Å²) >= 11 is 0. The number of hydrogen-bond donors (Lipinski definition) is 0. The summed E-state index contributed by atoms with van der Waals surface area (Å²) in [6, 6.07) is 10.2. The van der Waals surface area contributed by atoms with Gasteiger partial charge in [-0.1, -0.05) is 30.3 Å². The van der Waals surface area contributed by atoms with Crippen LogP contribution in [0.2, 0.25) is 0 Å². The first-order valence-corrected chi connectivity index (χ1v) is 5.53. The molecule has 2 heterocycles. The Morgan fingerprint density at radius 1 is 1.19 bits per heavy atom. The highest BCUT2D eigenvalue weighted by Gasteiger charge is 2.44. The molecule has 0 bridgehead atoms. The molecule has 0 unspecified atom stereocenters. The summed E-state index contributed by atoms with van der Waals surface area (Å²) in [7, 11) is 0. The van der Waals surface area contributed by atoms with Gasteiger partial charge in [0.25, 0.3) is 0 Å². The molecule has 0 aromatic heterocycles. The minimum absolute atomic E-state index is 0.0506. The van der Waals surface area contributed by atoms with Crippen molar-refractivity contribution in [3.8, 4) is 0 Å². The van der Waals surface area contributed by atoms with E-state index in [1.807, 2.05) is 24.3 Å². The minimum atomic E-state index is -0.0506. The minimum Gasteiger partial charge on any atom is -0.472 e. The molecule has 1 fully saturated rings. The smallest absolute Gasteiger partial charge is 0.208 e. The van der Waals surface area contributed by atoms with E-state index in [4.69, 9.17) is 14.2 Å². The van der Waals surface area contributed by atoms with Crippen LogP contribution < -0.4 is 0 Å². The Morgan fingerprint density at radius 3 is 2.88 bits per heavy atom. The lowest BCUT2D eigenvalue weighted by molar-refractivity contribution is -0.266. The molecule has 3 atom stereocenters. The van der Waals surface area contributed by atoms with Crippen molar-refractivity contribution in [2.75, 3.05) is 6.61 Å². The zero-order chi connectivity index (χ0) is 10.8. The fourth-order valence-electron chi connectivity index (χ4n) is 2.01. The summed E-state index contributed by atoms with van der Waals surface area (Å²) in [6.45, 7) is 1.27. The average Bonchev–Trinajstić information content (AvgIpc) is 2.67. The molecule has 3 nitrogen and oxygen atoms in total. The zero-order valence-corrected chi connectivity index (χ0v) is 8.91. The Kier molecular flexibility index (Phi) is 2.64. The molecule has 0 N–H and O–H groups in total. The van der Waals surface area contributed by atoms with Gasteiger partial charge in [-0.25, -0.2) is 0 Å². The van der Waals surface area contributed by atoms with E-state index < -0.39 is 0 Å². The number of rotatable bonds is 4. The Labute approximate surface area is 94.6 Å². The first-order valence-electron chi connectivity index (χ1n) is 5.53. The first kappa shape index (κ1) is 9.87. The van der Waals surface area contributed by atoms with Crippen LogP contribution in [0.5, 0.6) is 0 Å². The molecule has 1 aromatic carbocycles. The molecule has 84 valence electrons. The van der Waals surface area contributed by atoms with E-state index >= 15 is 0 Å². The standard InChI is InChI=1S/C13H14O3/c1-2-4-10(5-3-1)8-14-9-12-11-6-7-15-13(11)16-12/h1-7,11-13H,8-9H2/t11-,12-,13+/m0/s1. The Hall–Kier alpha value is -1.32. The predicted molar refractivity (Wildman–Crippen MR) is 58.5 cm³/mol. The van der Waals surface area contributed by atoms with Gasteiger partial charge in [0, 0.05) is 0 Å². The van der Waals surface area contributed by atoms with Gasteiger partial charge in [-0.15, -0.1) is 0 Å². The van der Waals surface area contributed by atoms with E-state index in [2.05, 4.69) is 12.1 Å². The Balaban J connectivity index is 1.43. The van der Waals surface area contributed by atoms with Crippen LogP contribution in [0.4, 0.5) is 0 Å². The monoisotopic (exact) mass is 218 g/mol. The molecule has 0 aliphatic carbocycles. The van der Waals surface area contributed by atoms with Gasteiger partial charge in [-0.2, -0.15) is 0 Å². The van der Waals surface area contributed by atoms with Crippen molar-refractivity contribution >= 4 is 0 Å². The number of hydrogen-bond acceptors (Lipinski definition) is 3. The van der Waals surface area contributed by atoms with Gasteiger partial charge in [-0.05, 0) is 11.6 Å². The molecule has 2 aliphatic heterocycles. The molecule has 3 heteroatoms. The number of fused-ring (bicyclic) bond motifs is 1. The van der Waals surface area contributed by atoms with Crippen molar-refractivity contribution in [3.63, 3.8) is 0 Å². The molecule has 2 aliphatic rings. The van der Waals surface area contributed by atoms with Crippen molar-refractivity contribution in [1.29, 1.82) is 0 Å². The lowest BCUT2D eigenvalue weighted by Gasteiger charge is -2.38. The van der Waals surface area contributed by atoms with Crippen molar-refractivity contribution in [1.82, 2.24) is 0 Å². The van der Waals surface area contributed by atoms with E-state index in [1.54, 1.807) is 6.26 Å². The van der Waals surface area contributed by atoms with E-state index in [-0.39, 0.29) is 12.4 Å². The van der Waals surface area contributed by atoms with Gasteiger partial charge in [0.1, 0.15) is 0 Å². The third-order valence-electron chi connectivity index (χ3n) is 2.96. The van der Waals surface area contributed by atoms with Crippen molar-refractivity contribution in [3.05, 3.63) is 48.2 Å². The molecule has 0 saturated carbocycles. The van der Waals surface area contributed by atoms with Gasteiger partial charge in [0.05, 0.1) is 31.5 Å². The summed E-state index contributed by atoms with van der Waals surface area (Å²) < 4.78 is 16.3. The van der Waals surface area contributed by atoms with Gasteiger partial charge < -0.3 is 14.2 Å². The van der Waals surface area contributed by atoms with Crippen LogP contribution in [0.25, 0.3) is 0 Å². The highest BCUT2D eigenvalue weighted by Crippen LogP contribution is 2.35. The molecule has 0 spiro atoms.